The minimum absolute atomic E-state index is 0.0329. The van der Waals surface area contributed by atoms with E-state index in [1.165, 1.54) is 7.11 Å². The van der Waals surface area contributed by atoms with Crippen molar-refractivity contribution in [2.75, 3.05) is 24.8 Å². The maximum atomic E-state index is 5.03. The predicted octanol–water partition coefficient (Wildman–Crippen LogP) is 1.49. The maximum Gasteiger partial charge on any atom is 0.322 e. The van der Waals surface area contributed by atoms with Gasteiger partial charge in [-0.15, -0.1) is 0 Å². The number of hydrogen-bond acceptors (Lipinski definition) is 7. The molecule has 0 amide bonds. The molecule has 0 fully saturated rings. The van der Waals surface area contributed by atoms with Crippen LogP contribution < -0.4 is 15.4 Å². The van der Waals surface area contributed by atoms with E-state index in [9.17, 15) is 0 Å². The lowest BCUT2D eigenvalue weighted by atomic mass is 10.1. The van der Waals surface area contributed by atoms with Gasteiger partial charge in [-0.3, -0.25) is 4.98 Å². The molecule has 2 heterocycles. The van der Waals surface area contributed by atoms with E-state index in [0.29, 0.717) is 11.9 Å². The van der Waals surface area contributed by atoms with Crippen molar-refractivity contribution in [3.05, 3.63) is 30.1 Å². The van der Waals surface area contributed by atoms with E-state index in [1.807, 2.05) is 19.1 Å². The predicted molar refractivity (Wildman–Crippen MR) is 72.2 cm³/mol. The van der Waals surface area contributed by atoms with Gasteiger partial charge in [0.1, 0.15) is 0 Å². The topological polar surface area (TPSA) is 84.9 Å². The van der Waals surface area contributed by atoms with Gasteiger partial charge < -0.3 is 15.4 Å². The van der Waals surface area contributed by atoms with Crippen LogP contribution in [0, 0.1) is 0 Å². The number of pyridine rings is 1. The summed E-state index contributed by atoms with van der Waals surface area (Å²) in [7, 11) is 3.26. The highest BCUT2D eigenvalue weighted by Gasteiger charge is 2.10. The van der Waals surface area contributed by atoms with Gasteiger partial charge in [0, 0.05) is 19.4 Å². The van der Waals surface area contributed by atoms with Crippen LogP contribution in [0.5, 0.6) is 6.01 Å². The molecule has 2 rings (SSSR count). The first-order chi connectivity index (χ1) is 9.22. The number of hydrogen-bond donors (Lipinski definition) is 2. The minimum Gasteiger partial charge on any atom is -0.467 e. The molecule has 2 aromatic heterocycles. The standard InChI is InChI=1S/C12H16N6O/c1-8(9-5-4-6-14-7-9)15-11-16-10(13-2)17-12(18-11)19-3/h4-8H,1-3H3,(H2,13,15,16,17,18). The van der Waals surface area contributed by atoms with Gasteiger partial charge in [0.15, 0.2) is 0 Å². The normalized spacial score (nSPS) is 11.7. The summed E-state index contributed by atoms with van der Waals surface area (Å²) in [5.41, 5.74) is 1.05. The summed E-state index contributed by atoms with van der Waals surface area (Å²) in [6.45, 7) is 2.01. The third kappa shape index (κ3) is 3.27. The molecule has 0 aliphatic rings. The number of methoxy groups -OCH3 is 1. The molecule has 0 aliphatic carbocycles. The van der Waals surface area contributed by atoms with Crippen molar-refractivity contribution in [3.8, 4) is 6.01 Å². The Morgan fingerprint density at radius 2 is 2.00 bits per heavy atom. The van der Waals surface area contributed by atoms with Gasteiger partial charge in [0.2, 0.25) is 11.9 Å². The van der Waals surface area contributed by atoms with Gasteiger partial charge >= 0.3 is 6.01 Å². The SMILES string of the molecule is CNc1nc(NC(C)c2cccnc2)nc(OC)n1. The Kier molecular flexibility index (Phi) is 4.07. The Morgan fingerprint density at radius 3 is 2.63 bits per heavy atom. The first-order valence-corrected chi connectivity index (χ1v) is 5.87. The molecular weight excluding hydrogens is 244 g/mol. The van der Waals surface area contributed by atoms with E-state index in [2.05, 4.69) is 30.6 Å². The lowest BCUT2D eigenvalue weighted by Crippen LogP contribution is -2.12. The molecular formula is C12H16N6O. The molecule has 7 heteroatoms. The summed E-state index contributed by atoms with van der Waals surface area (Å²) >= 11 is 0. The largest absolute Gasteiger partial charge is 0.467 e. The average molecular weight is 260 g/mol. The monoisotopic (exact) mass is 260 g/mol. The van der Waals surface area contributed by atoms with Gasteiger partial charge in [-0.05, 0) is 18.6 Å². The minimum atomic E-state index is 0.0329. The molecule has 0 saturated heterocycles. The van der Waals surface area contributed by atoms with Crippen molar-refractivity contribution in [1.29, 1.82) is 0 Å². The van der Waals surface area contributed by atoms with Crippen molar-refractivity contribution < 1.29 is 4.74 Å². The summed E-state index contributed by atoms with van der Waals surface area (Å²) in [4.78, 5) is 16.5. The van der Waals surface area contributed by atoms with E-state index < -0.39 is 0 Å². The fraction of sp³-hybridized carbons (Fsp3) is 0.333. The van der Waals surface area contributed by atoms with Crippen molar-refractivity contribution in [3.63, 3.8) is 0 Å². The number of nitrogens with zero attached hydrogens (tertiary/aromatic N) is 4. The van der Waals surface area contributed by atoms with Crippen LogP contribution >= 0.6 is 0 Å². The van der Waals surface area contributed by atoms with Crippen LogP contribution in [-0.4, -0.2) is 34.1 Å². The second-order valence-electron chi connectivity index (χ2n) is 3.87. The maximum absolute atomic E-state index is 5.03. The number of nitrogens with one attached hydrogen (secondary N) is 2. The summed E-state index contributed by atoms with van der Waals surface area (Å²) in [5, 5.41) is 6.05. The first-order valence-electron chi connectivity index (χ1n) is 5.87. The second kappa shape index (κ2) is 5.94. The third-order valence-corrected chi connectivity index (χ3v) is 2.55. The summed E-state index contributed by atoms with van der Waals surface area (Å²) < 4.78 is 5.03. The molecule has 2 N–H and O–H groups in total. The number of ether oxygens (including phenoxy) is 1. The summed E-state index contributed by atoms with van der Waals surface area (Å²) in [6.07, 6.45) is 3.54. The highest BCUT2D eigenvalue weighted by molar-refractivity contribution is 5.37. The van der Waals surface area contributed by atoms with Crippen molar-refractivity contribution >= 4 is 11.9 Å². The molecule has 2 aromatic rings. The van der Waals surface area contributed by atoms with E-state index in [1.54, 1.807) is 19.4 Å². The molecule has 0 saturated carbocycles. The van der Waals surface area contributed by atoms with Crippen LogP contribution in [0.3, 0.4) is 0 Å². The zero-order valence-electron chi connectivity index (χ0n) is 11.1. The molecule has 0 radical (unpaired) electrons. The molecule has 0 aliphatic heterocycles. The van der Waals surface area contributed by atoms with E-state index >= 15 is 0 Å². The summed E-state index contributed by atoms with van der Waals surface area (Å²) in [5.74, 6) is 0.903. The van der Waals surface area contributed by atoms with Gasteiger partial charge in [-0.2, -0.15) is 15.0 Å². The Morgan fingerprint density at radius 1 is 1.21 bits per heavy atom. The van der Waals surface area contributed by atoms with Crippen molar-refractivity contribution in [1.82, 2.24) is 19.9 Å². The highest BCUT2D eigenvalue weighted by Crippen LogP contribution is 2.17. The quantitative estimate of drug-likeness (QED) is 0.842. The second-order valence-corrected chi connectivity index (χ2v) is 3.87. The smallest absolute Gasteiger partial charge is 0.322 e. The zero-order valence-corrected chi connectivity index (χ0v) is 11.1. The van der Waals surface area contributed by atoms with Crippen molar-refractivity contribution in [2.24, 2.45) is 0 Å². The zero-order chi connectivity index (χ0) is 13.7. The molecule has 1 unspecified atom stereocenters. The van der Waals surface area contributed by atoms with Gasteiger partial charge in [-0.1, -0.05) is 6.07 Å². The van der Waals surface area contributed by atoms with Crippen LogP contribution in [0.15, 0.2) is 24.5 Å². The number of aromatic nitrogens is 4. The Labute approximate surface area is 111 Å². The van der Waals surface area contributed by atoms with Crippen LogP contribution in [0.1, 0.15) is 18.5 Å². The Balaban J connectivity index is 2.18. The molecule has 1 atom stereocenters. The van der Waals surface area contributed by atoms with Crippen LogP contribution in [0.4, 0.5) is 11.9 Å². The lowest BCUT2D eigenvalue weighted by Gasteiger charge is -2.14. The lowest BCUT2D eigenvalue weighted by molar-refractivity contribution is 0.379. The number of rotatable bonds is 5. The Hall–Kier alpha value is -2.44. The fourth-order valence-corrected chi connectivity index (χ4v) is 1.53. The molecule has 0 spiro atoms. The van der Waals surface area contributed by atoms with Crippen molar-refractivity contribution in [2.45, 2.75) is 13.0 Å². The third-order valence-electron chi connectivity index (χ3n) is 2.55. The highest BCUT2D eigenvalue weighted by atomic mass is 16.5. The molecule has 7 nitrogen and oxygen atoms in total. The average Bonchev–Trinajstić information content (AvgIpc) is 2.47. The summed E-state index contributed by atoms with van der Waals surface area (Å²) in [6, 6.07) is 4.17. The first kappa shape index (κ1) is 13.0. The molecule has 0 aromatic carbocycles. The van der Waals surface area contributed by atoms with Crippen LogP contribution in [0.2, 0.25) is 0 Å². The van der Waals surface area contributed by atoms with Crippen LogP contribution in [0.25, 0.3) is 0 Å². The molecule has 19 heavy (non-hydrogen) atoms. The molecule has 0 bridgehead atoms. The van der Waals surface area contributed by atoms with Gasteiger partial charge in [0.05, 0.1) is 13.2 Å². The van der Waals surface area contributed by atoms with Crippen LogP contribution in [-0.2, 0) is 0 Å². The molecule has 100 valence electrons. The Bertz CT molecular complexity index is 511. The van der Waals surface area contributed by atoms with E-state index in [-0.39, 0.29) is 12.1 Å². The fourth-order valence-electron chi connectivity index (χ4n) is 1.53. The van der Waals surface area contributed by atoms with E-state index in [4.69, 9.17) is 4.74 Å². The van der Waals surface area contributed by atoms with Gasteiger partial charge in [-0.25, -0.2) is 0 Å². The van der Waals surface area contributed by atoms with E-state index in [0.717, 1.165) is 5.56 Å². The van der Waals surface area contributed by atoms with Gasteiger partial charge in [0.25, 0.3) is 0 Å². The number of anilines is 2.